The van der Waals surface area contributed by atoms with Crippen molar-refractivity contribution in [3.05, 3.63) is 58.6 Å². The number of likely N-dealkylation sites (tertiary alicyclic amines) is 2. The zero-order chi connectivity index (χ0) is 31.0. The number of carbonyl (C=O) groups is 2. The number of rotatable bonds is 12. The number of amides is 2. The molecule has 2 N–H and O–H groups in total. The van der Waals surface area contributed by atoms with Crippen molar-refractivity contribution in [2.24, 2.45) is 11.8 Å². The molecule has 2 fully saturated rings. The largest absolute Gasteiger partial charge is 0.395 e. The van der Waals surface area contributed by atoms with Crippen LogP contribution in [0.4, 0.5) is 5.69 Å². The van der Waals surface area contributed by atoms with E-state index in [2.05, 4.69) is 9.62 Å². The highest BCUT2D eigenvalue weighted by Gasteiger charge is 2.30. The smallest absolute Gasteiger partial charge is 0.240 e. The van der Waals surface area contributed by atoms with Gasteiger partial charge in [0.1, 0.15) is 0 Å². The summed E-state index contributed by atoms with van der Waals surface area (Å²) in [6.45, 7) is 8.05. The summed E-state index contributed by atoms with van der Waals surface area (Å²) in [5, 5.41) is 9.54. The van der Waals surface area contributed by atoms with E-state index < -0.39 is 10.0 Å². The number of aliphatic hydroxyl groups excluding tert-OH is 1. The number of hydrogen-bond donors (Lipinski definition) is 2. The van der Waals surface area contributed by atoms with Gasteiger partial charge in [-0.05, 0) is 106 Å². The molecule has 43 heavy (non-hydrogen) atoms. The fourth-order valence-electron chi connectivity index (χ4n) is 6.05. The van der Waals surface area contributed by atoms with Gasteiger partial charge in [0, 0.05) is 49.7 Å². The molecule has 0 aromatic heterocycles. The number of anilines is 1. The summed E-state index contributed by atoms with van der Waals surface area (Å²) in [6.07, 6.45) is 5.28. The molecule has 0 spiro atoms. The van der Waals surface area contributed by atoms with Crippen molar-refractivity contribution in [2.45, 2.75) is 57.3 Å². The van der Waals surface area contributed by atoms with Gasteiger partial charge in [0.15, 0.2) is 0 Å². The second kappa shape index (κ2) is 15.5. The third-order valence-corrected chi connectivity index (χ3v) is 10.6. The molecule has 2 aromatic rings. The second-order valence-corrected chi connectivity index (χ2v) is 14.0. The lowest BCUT2D eigenvalue weighted by Gasteiger charge is -2.35. The molecule has 0 atom stereocenters. The Kier molecular flexibility index (Phi) is 12.0. The standard InChI is InChI=1S/C32H45ClN4O5S/c1-24-4-7-29(23-31(24)33)37(32(40)28-12-19-36(20-13-28)25(2)39)16-3-15-35-17-10-27(11-18-35)22-26-5-8-30(9-6-26)43(41,42)34-14-21-38/h4-9,23,27-28,34,38H,3,10-22H2,1-2H3. The number of halogens is 1. The summed E-state index contributed by atoms with van der Waals surface area (Å²) in [4.78, 5) is 31.9. The normalized spacial score (nSPS) is 17.3. The highest BCUT2D eigenvalue weighted by Crippen LogP contribution is 2.28. The SMILES string of the molecule is CC(=O)N1CCC(C(=O)N(CCCN2CCC(Cc3ccc(S(=O)(=O)NCCO)cc3)CC2)c2ccc(C)c(Cl)c2)CC1. The average molecular weight is 633 g/mol. The Bertz CT molecular complexity index is 1340. The van der Waals surface area contributed by atoms with Crippen LogP contribution in [0.5, 0.6) is 0 Å². The molecule has 2 heterocycles. The Morgan fingerprint density at radius 2 is 1.70 bits per heavy atom. The quantitative estimate of drug-likeness (QED) is 0.368. The van der Waals surface area contributed by atoms with Crippen molar-refractivity contribution >= 4 is 39.1 Å². The van der Waals surface area contributed by atoms with Crippen molar-refractivity contribution < 1.29 is 23.1 Å². The maximum absolute atomic E-state index is 13.7. The highest BCUT2D eigenvalue weighted by molar-refractivity contribution is 7.89. The van der Waals surface area contributed by atoms with Gasteiger partial charge in [0.2, 0.25) is 21.8 Å². The van der Waals surface area contributed by atoms with Gasteiger partial charge in [-0.2, -0.15) is 0 Å². The van der Waals surface area contributed by atoms with Gasteiger partial charge in [-0.15, -0.1) is 0 Å². The molecule has 2 saturated heterocycles. The first kappa shape index (κ1) is 33.4. The van der Waals surface area contributed by atoms with E-state index in [1.165, 1.54) is 0 Å². The number of hydrogen-bond acceptors (Lipinski definition) is 6. The lowest BCUT2D eigenvalue weighted by atomic mass is 9.90. The first-order chi connectivity index (χ1) is 20.6. The molecule has 2 aliphatic heterocycles. The third kappa shape index (κ3) is 9.25. The van der Waals surface area contributed by atoms with Crippen LogP contribution in [0.2, 0.25) is 5.02 Å². The molecule has 9 nitrogen and oxygen atoms in total. The molecule has 4 rings (SSSR count). The number of nitrogens with zero attached hydrogens (tertiary/aromatic N) is 3. The third-order valence-electron chi connectivity index (χ3n) is 8.75. The molecule has 0 radical (unpaired) electrons. The van der Waals surface area contributed by atoms with Crippen LogP contribution in [0, 0.1) is 18.8 Å². The Labute approximate surface area is 261 Å². The van der Waals surface area contributed by atoms with Crippen molar-refractivity contribution in [1.82, 2.24) is 14.5 Å². The molecule has 0 bridgehead atoms. The van der Waals surface area contributed by atoms with E-state index in [0.717, 1.165) is 62.1 Å². The zero-order valence-corrected chi connectivity index (χ0v) is 26.9. The number of aliphatic hydroxyl groups is 1. The van der Waals surface area contributed by atoms with Crippen LogP contribution in [0.25, 0.3) is 0 Å². The van der Waals surface area contributed by atoms with E-state index in [-0.39, 0.29) is 35.8 Å². The van der Waals surface area contributed by atoms with Crippen LogP contribution in [0.15, 0.2) is 47.4 Å². The van der Waals surface area contributed by atoms with E-state index in [9.17, 15) is 18.0 Å². The van der Waals surface area contributed by atoms with Crippen LogP contribution in [-0.2, 0) is 26.0 Å². The van der Waals surface area contributed by atoms with Crippen molar-refractivity contribution in [2.75, 3.05) is 57.3 Å². The second-order valence-electron chi connectivity index (χ2n) is 11.8. The fraction of sp³-hybridized carbons (Fsp3) is 0.562. The van der Waals surface area contributed by atoms with Gasteiger partial charge in [0.05, 0.1) is 11.5 Å². The maximum atomic E-state index is 13.7. The molecule has 0 saturated carbocycles. The molecule has 2 amide bonds. The van der Waals surface area contributed by atoms with Gasteiger partial charge in [-0.3, -0.25) is 9.59 Å². The first-order valence-electron chi connectivity index (χ1n) is 15.3. The summed E-state index contributed by atoms with van der Waals surface area (Å²) in [6, 6.07) is 12.8. The Morgan fingerprint density at radius 3 is 2.30 bits per heavy atom. The fourth-order valence-corrected chi connectivity index (χ4v) is 7.24. The average Bonchev–Trinajstić information content (AvgIpc) is 3.00. The predicted octanol–water partition coefficient (Wildman–Crippen LogP) is 3.86. The monoisotopic (exact) mass is 632 g/mol. The zero-order valence-electron chi connectivity index (χ0n) is 25.3. The summed E-state index contributed by atoms with van der Waals surface area (Å²) in [7, 11) is -3.60. The summed E-state index contributed by atoms with van der Waals surface area (Å²) < 4.78 is 26.9. The number of benzene rings is 2. The number of piperidine rings is 2. The molecule has 11 heteroatoms. The first-order valence-corrected chi connectivity index (χ1v) is 17.2. The minimum atomic E-state index is -3.60. The number of carbonyl (C=O) groups excluding carboxylic acids is 2. The molecule has 236 valence electrons. The van der Waals surface area contributed by atoms with Crippen LogP contribution >= 0.6 is 11.6 Å². The summed E-state index contributed by atoms with van der Waals surface area (Å²) in [5.74, 6) is 0.621. The van der Waals surface area contributed by atoms with Crippen LogP contribution in [0.1, 0.15) is 50.2 Å². The van der Waals surface area contributed by atoms with Gasteiger partial charge in [-0.1, -0.05) is 29.8 Å². The lowest BCUT2D eigenvalue weighted by molar-refractivity contribution is -0.133. The molecule has 0 unspecified atom stereocenters. The Morgan fingerprint density at radius 1 is 1.02 bits per heavy atom. The number of aryl methyl sites for hydroxylation is 1. The topological polar surface area (TPSA) is 110 Å². The van der Waals surface area contributed by atoms with Gasteiger partial charge in [0.25, 0.3) is 0 Å². The van der Waals surface area contributed by atoms with E-state index in [1.807, 2.05) is 47.1 Å². The van der Waals surface area contributed by atoms with Gasteiger partial charge < -0.3 is 19.8 Å². The Hall–Kier alpha value is -2.50. The molecule has 2 aromatic carbocycles. The number of sulfonamides is 1. The molecular formula is C32H45ClN4O5S. The lowest BCUT2D eigenvalue weighted by Crippen LogP contribution is -2.45. The molecule has 2 aliphatic rings. The minimum absolute atomic E-state index is 0.00109. The van der Waals surface area contributed by atoms with E-state index in [4.69, 9.17) is 16.7 Å². The van der Waals surface area contributed by atoms with Gasteiger partial charge >= 0.3 is 0 Å². The van der Waals surface area contributed by atoms with E-state index >= 15 is 0 Å². The van der Waals surface area contributed by atoms with Crippen LogP contribution < -0.4 is 9.62 Å². The number of nitrogens with one attached hydrogen (secondary N) is 1. The Balaban J connectivity index is 1.27. The van der Waals surface area contributed by atoms with Crippen molar-refractivity contribution in [1.29, 1.82) is 0 Å². The summed E-state index contributed by atoms with van der Waals surface area (Å²) >= 11 is 6.45. The molecular weight excluding hydrogens is 588 g/mol. The minimum Gasteiger partial charge on any atom is -0.395 e. The van der Waals surface area contributed by atoms with E-state index in [1.54, 1.807) is 19.1 Å². The molecule has 0 aliphatic carbocycles. The highest BCUT2D eigenvalue weighted by atomic mass is 35.5. The summed E-state index contributed by atoms with van der Waals surface area (Å²) in [5.41, 5.74) is 2.93. The van der Waals surface area contributed by atoms with Gasteiger partial charge in [-0.25, -0.2) is 13.1 Å². The van der Waals surface area contributed by atoms with Crippen LogP contribution in [0.3, 0.4) is 0 Å². The van der Waals surface area contributed by atoms with E-state index in [0.29, 0.717) is 43.4 Å². The maximum Gasteiger partial charge on any atom is 0.240 e. The van der Waals surface area contributed by atoms with Crippen molar-refractivity contribution in [3.8, 4) is 0 Å². The predicted molar refractivity (Wildman–Crippen MR) is 170 cm³/mol. The van der Waals surface area contributed by atoms with Crippen LogP contribution in [-0.4, -0.2) is 87.6 Å². The van der Waals surface area contributed by atoms with Crippen molar-refractivity contribution in [3.63, 3.8) is 0 Å².